The minimum atomic E-state index is -0.274. The van der Waals surface area contributed by atoms with Gasteiger partial charge in [-0.15, -0.1) is 0 Å². The van der Waals surface area contributed by atoms with Gasteiger partial charge in [0, 0.05) is 25.5 Å². The van der Waals surface area contributed by atoms with Crippen molar-refractivity contribution in [2.75, 3.05) is 20.2 Å². The number of pyridine rings is 1. The third-order valence-electron chi connectivity index (χ3n) is 3.41. The molecule has 1 aliphatic heterocycles. The second-order valence-corrected chi connectivity index (χ2v) is 5.08. The predicted molar refractivity (Wildman–Crippen MR) is 69.8 cm³/mol. The van der Waals surface area contributed by atoms with Crippen molar-refractivity contribution in [1.29, 1.82) is 0 Å². The molecule has 0 bridgehead atoms. The fourth-order valence-corrected chi connectivity index (χ4v) is 2.51. The molecule has 102 valence electrons. The molecule has 0 radical (unpaired) electrons. The summed E-state index contributed by atoms with van der Waals surface area (Å²) in [6.07, 6.45) is 2.96. The molecular formula is C13H15ClN2O3. The summed E-state index contributed by atoms with van der Waals surface area (Å²) in [4.78, 5) is 29.4. The summed E-state index contributed by atoms with van der Waals surface area (Å²) in [7, 11) is 1.36. The molecule has 0 spiro atoms. The number of halogens is 1. The molecular weight excluding hydrogens is 268 g/mol. The van der Waals surface area contributed by atoms with Gasteiger partial charge in [-0.1, -0.05) is 18.5 Å². The van der Waals surface area contributed by atoms with Crippen LogP contribution in [0.2, 0.25) is 5.02 Å². The monoisotopic (exact) mass is 282 g/mol. The average molecular weight is 283 g/mol. The Labute approximate surface area is 116 Å². The van der Waals surface area contributed by atoms with Crippen molar-refractivity contribution in [3.63, 3.8) is 0 Å². The minimum absolute atomic E-state index is 0.0806. The van der Waals surface area contributed by atoms with Crippen LogP contribution in [0.15, 0.2) is 18.5 Å². The van der Waals surface area contributed by atoms with Crippen LogP contribution in [0.3, 0.4) is 0 Å². The molecule has 19 heavy (non-hydrogen) atoms. The Morgan fingerprint density at radius 1 is 1.47 bits per heavy atom. The minimum Gasteiger partial charge on any atom is -0.469 e. The molecule has 5 nitrogen and oxygen atoms in total. The van der Waals surface area contributed by atoms with Crippen LogP contribution in [-0.4, -0.2) is 42.0 Å². The summed E-state index contributed by atoms with van der Waals surface area (Å²) >= 11 is 5.96. The lowest BCUT2D eigenvalue weighted by Crippen LogP contribution is -2.30. The Kier molecular flexibility index (Phi) is 4.04. The highest BCUT2D eigenvalue weighted by molar-refractivity contribution is 6.33. The summed E-state index contributed by atoms with van der Waals surface area (Å²) in [5.41, 5.74) is 0.411. The molecule has 1 aromatic rings. The molecule has 1 amide bonds. The van der Waals surface area contributed by atoms with E-state index in [0.29, 0.717) is 23.7 Å². The Bertz CT molecular complexity index is 506. The first-order valence-electron chi connectivity index (χ1n) is 6.01. The van der Waals surface area contributed by atoms with Gasteiger partial charge in [0.05, 0.1) is 23.6 Å². The number of ether oxygens (including phenoxy) is 1. The van der Waals surface area contributed by atoms with Crippen LogP contribution in [0.25, 0.3) is 0 Å². The maximum absolute atomic E-state index is 12.3. The Balaban J connectivity index is 2.15. The highest BCUT2D eigenvalue weighted by Gasteiger charge is 2.38. The molecule has 2 rings (SSSR count). The van der Waals surface area contributed by atoms with Crippen LogP contribution < -0.4 is 0 Å². The molecule has 2 unspecified atom stereocenters. The molecule has 0 aliphatic carbocycles. The van der Waals surface area contributed by atoms with Gasteiger partial charge in [0.15, 0.2) is 0 Å². The van der Waals surface area contributed by atoms with Gasteiger partial charge in [-0.3, -0.25) is 14.6 Å². The quantitative estimate of drug-likeness (QED) is 0.774. The second-order valence-electron chi connectivity index (χ2n) is 4.67. The number of amides is 1. The lowest BCUT2D eigenvalue weighted by molar-refractivity contribution is -0.146. The molecule has 1 aliphatic rings. The first-order chi connectivity index (χ1) is 9.04. The van der Waals surface area contributed by atoms with Gasteiger partial charge in [0.25, 0.3) is 5.91 Å². The SMILES string of the molecule is COC(=O)C1CN(C(=O)c2ccncc2Cl)CC1C. The Morgan fingerprint density at radius 3 is 2.84 bits per heavy atom. The van der Waals surface area contributed by atoms with Gasteiger partial charge < -0.3 is 9.64 Å². The third-order valence-corrected chi connectivity index (χ3v) is 3.71. The molecule has 0 aromatic carbocycles. The summed E-state index contributed by atoms with van der Waals surface area (Å²) in [6, 6.07) is 1.58. The van der Waals surface area contributed by atoms with Crippen molar-refractivity contribution >= 4 is 23.5 Å². The van der Waals surface area contributed by atoms with Crippen molar-refractivity contribution < 1.29 is 14.3 Å². The van der Waals surface area contributed by atoms with Crippen LogP contribution in [0.1, 0.15) is 17.3 Å². The van der Waals surface area contributed by atoms with Crippen LogP contribution >= 0.6 is 11.6 Å². The van der Waals surface area contributed by atoms with Gasteiger partial charge in [0.2, 0.25) is 0 Å². The van der Waals surface area contributed by atoms with Gasteiger partial charge in [0.1, 0.15) is 0 Å². The summed E-state index contributed by atoms with van der Waals surface area (Å²) in [5.74, 6) is -0.638. The normalized spacial score (nSPS) is 22.4. The van der Waals surface area contributed by atoms with Crippen LogP contribution in [0, 0.1) is 11.8 Å². The van der Waals surface area contributed by atoms with E-state index >= 15 is 0 Å². The largest absolute Gasteiger partial charge is 0.469 e. The zero-order valence-electron chi connectivity index (χ0n) is 10.8. The zero-order chi connectivity index (χ0) is 14.0. The first-order valence-corrected chi connectivity index (χ1v) is 6.39. The molecule has 1 saturated heterocycles. The van der Waals surface area contributed by atoms with Crippen LogP contribution in [0.4, 0.5) is 0 Å². The van der Waals surface area contributed by atoms with Crippen molar-refractivity contribution in [3.8, 4) is 0 Å². The molecule has 2 heterocycles. The lowest BCUT2D eigenvalue weighted by Gasteiger charge is -2.16. The zero-order valence-corrected chi connectivity index (χ0v) is 11.6. The van der Waals surface area contributed by atoms with Crippen LogP contribution in [-0.2, 0) is 9.53 Å². The number of hydrogen-bond donors (Lipinski definition) is 0. The maximum Gasteiger partial charge on any atom is 0.310 e. The number of likely N-dealkylation sites (tertiary alicyclic amines) is 1. The molecule has 1 aromatic heterocycles. The topological polar surface area (TPSA) is 59.5 Å². The lowest BCUT2D eigenvalue weighted by atomic mass is 9.99. The number of carbonyl (C=O) groups excluding carboxylic acids is 2. The van der Waals surface area contributed by atoms with Gasteiger partial charge in [-0.2, -0.15) is 0 Å². The number of methoxy groups -OCH3 is 1. The van der Waals surface area contributed by atoms with E-state index in [-0.39, 0.29) is 23.7 Å². The third kappa shape index (κ3) is 2.71. The van der Waals surface area contributed by atoms with E-state index in [0.717, 1.165) is 0 Å². The van der Waals surface area contributed by atoms with Gasteiger partial charge >= 0.3 is 5.97 Å². The van der Waals surface area contributed by atoms with Crippen molar-refractivity contribution in [2.45, 2.75) is 6.92 Å². The average Bonchev–Trinajstić information content (AvgIpc) is 2.80. The van der Waals surface area contributed by atoms with Crippen molar-refractivity contribution in [2.24, 2.45) is 11.8 Å². The number of hydrogen-bond acceptors (Lipinski definition) is 4. The second kappa shape index (κ2) is 5.57. The van der Waals surface area contributed by atoms with E-state index in [9.17, 15) is 9.59 Å². The standard InChI is InChI=1S/C13H15ClN2O3/c1-8-6-16(7-10(8)13(18)19-2)12(17)9-3-4-15-5-11(9)14/h3-5,8,10H,6-7H2,1-2H3. The number of esters is 1. The predicted octanol–water partition coefficient (Wildman–Crippen LogP) is 1.62. The molecule has 1 fully saturated rings. The maximum atomic E-state index is 12.3. The van der Waals surface area contributed by atoms with Crippen molar-refractivity contribution in [1.82, 2.24) is 9.88 Å². The first kappa shape index (κ1) is 13.8. The highest BCUT2D eigenvalue weighted by atomic mass is 35.5. The smallest absolute Gasteiger partial charge is 0.310 e. The van der Waals surface area contributed by atoms with E-state index in [1.165, 1.54) is 19.5 Å². The fraction of sp³-hybridized carbons (Fsp3) is 0.462. The van der Waals surface area contributed by atoms with Gasteiger partial charge in [-0.25, -0.2) is 0 Å². The molecule has 0 N–H and O–H groups in total. The summed E-state index contributed by atoms with van der Waals surface area (Å²) in [6.45, 7) is 2.82. The Morgan fingerprint density at radius 2 is 2.21 bits per heavy atom. The molecule has 2 atom stereocenters. The van der Waals surface area contributed by atoms with E-state index < -0.39 is 0 Å². The van der Waals surface area contributed by atoms with E-state index in [1.807, 2.05) is 6.92 Å². The summed E-state index contributed by atoms with van der Waals surface area (Å²) < 4.78 is 4.75. The Hall–Kier alpha value is -1.62. The number of nitrogens with zero attached hydrogens (tertiary/aromatic N) is 2. The summed E-state index contributed by atoms with van der Waals surface area (Å²) in [5, 5.41) is 0.321. The highest BCUT2D eigenvalue weighted by Crippen LogP contribution is 2.26. The van der Waals surface area contributed by atoms with Gasteiger partial charge in [-0.05, 0) is 12.0 Å². The van der Waals surface area contributed by atoms with Crippen molar-refractivity contribution in [3.05, 3.63) is 29.0 Å². The number of aromatic nitrogens is 1. The fourth-order valence-electron chi connectivity index (χ4n) is 2.31. The number of rotatable bonds is 2. The van der Waals surface area contributed by atoms with Crippen LogP contribution in [0.5, 0.6) is 0 Å². The van der Waals surface area contributed by atoms with E-state index in [2.05, 4.69) is 4.98 Å². The van der Waals surface area contributed by atoms with E-state index in [4.69, 9.17) is 16.3 Å². The molecule has 0 saturated carbocycles. The van der Waals surface area contributed by atoms with E-state index in [1.54, 1.807) is 11.0 Å². The molecule has 6 heteroatoms. The number of carbonyl (C=O) groups is 2.